The van der Waals surface area contributed by atoms with Crippen molar-refractivity contribution >= 4 is 0 Å². The lowest BCUT2D eigenvalue weighted by Gasteiger charge is -2.50. The van der Waals surface area contributed by atoms with Crippen LogP contribution in [0.4, 0.5) is 0 Å². The molecular formula is C18H23NO3. The van der Waals surface area contributed by atoms with Crippen molar-refractivity contribution in [3.8, 4) is 11.5 Å². The zero-order valence-electron chi connectivity index (χ0n) is 13.3. The molecular weight excluding hydrogens is 278 g/mol. The Balaban J connectivity index is 1.89. The van der Waals surface area contributed by atoms with Gasteiger partial charge in [0.05, 0.1) is 18.8 Å². The first-order chi connectivity index (χ1) is 10.7. The van der Waals surface area contributed by atoms with Crippen LogP contribution in [0.2, 0.25) is 0 Å². The van der Waals surface area contributed by atoms with Gasteiger partial charge in [-0.3, -0.25) is 4.90 Å². The Morgan fingerprint density at radius 1 is 1.27 bits per heavy atom. The number of aromatic hydroxyl groups is 1. The van der Waals surface area contributed by atoms with E-state index < -0.39 is 0 Å². The predicted octanol–water partition coefficient (Wildman–Crippen LogP) is 2.59. The van der Waals surface area contributed by atoms with Crippen molar-refractivity contribution in [2.75, 3.05) is 27.3 Å². The van der Waals surface area contributed by atoms with E-state index in [0.717, 1.165) is 38.8 Å². The molecule has 1 saturated carbocycles. The number of ether oxygens (including phenoxy) is 2. The SMILES string of the molecule is COc1cc2c(cc1O)CCN1CC=C3CC[C@@H](OC)C[C@]321. The molecule has 22 heavy (non-hydrogen) atoms. The molecule has 1 spiro atoms. The van der Waals surface area contributed by atoms with E-state index in [-0.39, 0.29) is 11.3 Å². The Kier molecular flexibility index (Phi) is 3.20. The molecule has 0 unspecified atom stereocenters. The highest BCUT2D eigenvalue weighted by Crippen LogP contribution is 2.53. The van der Waals surface area contributed by atoms with Crippen LogP contribution in [0.3, 0.4) is 0 Å². The summed E-state index contributed by atoms with van der Waals surface area (Å²) >= 11 is 0. The second-order valence-electron chi connectivity index (χ2n) is 6.57. The van der Waals surface area contributed by atoms with E-state index in [1.165, 1.54) is 16.7 Å². The van der Waals surface area contributed by atoms with Crippen molar-refractivity contribution < 1.29 is 14.6 Å². The monoisotopic (exact) mass is 301 g/mol. The molecule has 3 aliphatic rings. The molecule has 0 saturated heterocycles. The van der Waals surface area contributed by atoms with Gasteiger partial charge >= 0.3 is 0 Å². The van der Waals surface area contributed by atoms with E-state index in [4.69, 9.17) is 9.47 Å². The summed E-state index contributed by atoms with van der Waals surface area (Å²) in [7, 11) is 3.43. The van der Waals surface area contributed by atoms with E-state index >= 15 is 0 Å². The van der Waals surface area contributed by atoms with Crippen LogP contribution in [-0.4, -0.2) is 43.4 Å². The summed E-state index contributed by atoms with van der Waals surface area (Å²) < 4.78 is 11.1. The Morgan fingerprint density at radius 3 is 2.91 bits per heavy atom. The van der Waals surface area contributed by atoms with Gasteiger partial charge in [-0.05, 0) is 48.1 Å². The Morgan fingerprint density at radius 2 is 2.14 bits per heavy atom. The lowest BCUT2D eigenvalue weighted by atomic mass is 9.69. The van der Waals surface area contributed by atoms with Crippen molar-refractivity contribution in [3.63, 3.8) is 0 Å². The molecule has 1 fully saturated rings. The van der Waals surface area contributed by atoms with Crippen LogP contribution in [0.25, 0.3) is 0 Å². The molecule has 0 aromatic heterocycles. The Bertz CT molecular complexity index is 639. The normalized spacial score (nSPS) is 30.3. The number of phenols is 1. The second-order valence-corrected chi connectivity index (χ2v) is 6.57. The third-order valence-electron chi connectivity index (χ3n) is 5.72. The number of benzene rings is 1. The molecule has 1 aromatic rings. The highest BCUT2D eigenvalue weighted by molar-refractivity contribution is 5.54. The molecule has 2 heterocycles. The van der Waals surface area contributed by atoms with Gasteiger partial charge in [-0.15, -0.1) is 0 Å². The maximum absolute atomic E-state index is 10.1. The summed E-state index contributed by atoms with van der Waals surface area (Å²) in [6.07, 6.45) is 6.87. The lowest BCUT2D eigenvalue weighted by Crippen LogP contribution is -2.52. The van der Waals surface area contributed by atoms with Gasteiger partial charge in [0, 0.05) is 26.6 Å². The average Bonchev–Trinajstić information content (AvgIpc) is 2.92. The van der Waals surface area contributed by atoms with Crippen molar-refractivity contribution in [3.05, 3.63) is 34.9 Å². The number of phenolic OH excluding ortho intramolecular Hbond substituents is 1. The van der Waals surface area contributed by atoms with Gasteiger partial charge < -0.3 is 14.6 Å². The number of rotatable bonds is 2. The molecule has 118 valence electrons. The van der Waals surface area contributed by atoms with E-state index in [1.807, 2.05) is 19.2 Å². The molecule has 0 bridgehead atoms. The summed E-state index contributed by atoms with van der Waals surface area (Å²) in [5.41, 5.74) is 4.03. The Labute approximate surface area is 131 Å². The predicted molar refractivity (Wildman–Crippen MR) is 84.3 cm³/mol. The first kappa shape index (κ1) is 14.1. The fraction of sp³-hybridized carbons (Fsp3) is 0.556. The zero-order valence-corrected chi connectivity index (χ0v) is 13.3. The third-order valence-corrected chi connectivity index (χ3v) is 5.72. The van der Waals surface area contributed by atoms with Crippen LogP contribution >= 0.6 is 0 Å². The van der Waals surface area contributed by atoms with Crippen LogP contribution in [0.5, 0.6) is 11.5 Å². The topological polar surface area (TPSA) is 41.9 Å². The number of hydrogen-bond acceptors (Lipinski definition) is 4. The van der Waals surface area contributed by atoms with Gasteiger partial charge in [0.25, 0.3) is 0 Å². The van der Waals surface area contributed by atoms with Crippen LogP contribution in [0.15, 0.2) is 23.8 Å². The first-order valence-corrected chi connectivity index (χ1v) is 8.06. The molecule has 1 N–H and O–H groups in total. The summed E-state index contributed by atoms with van der Waals surface area (Å²) in [5, 5.41) is 10.1. The maximum atomic E-state index is 10.1. The molecule has 4 rings (SSSR count). The van der Waals surface area contributed by atoms with Crippen molar-refractivity contribution in [2.24, 2.45) is 0 Å². The number of nitrogens with zero attached hydrogens (tertiary/aromatic N) is 1. The lowest BCUT2D eigenvalue weighted by molar-refractivity contribution is 0.00916. The van der Waals surface area contributed by atoms with Crippen LogP contribution in [-0.2, 0) is 16.7 Å². The molecule has 2 atom stereocenters. The molecule has 1 aromatic carbocycles. The fourth-order valence-corrected chi connectivity index (χ4v) is 4.62. The summed E-state index contributed by atoms with van der Waals surface area (Å²) in [4.78, 5) is 2.58. The smallest absolute Gasteiger partial charge is 0.160 e. The standard InChI is InChI=1S/C18H23NO3/c1-21-14-4-3-13-6-8-19-7-5-12-9-16(20)17(22-2)10-15(12)18(13,19)11-14/h6,9-10,14,20H,3-5,7-8,11H2,1-2H3/t14-,18+/m1/s1. The molecule has 4 heteroatoms. The summed E-state index contributed by atoms with van der Waals surface area (Å²) in [5.74, 6) is 0.814. The largest absolute Gasteiger partial charge is 0.504 e. The van der Waals surface area contributed by atoms with E-state index in [9.17, 15) is 5.11 Å². The van der Waals surface area contributed by atoms with Gasteiger partial charge in [-0.1, -0.05) is 6.08 Å². The molecule has 4 nitrogen and oxygen atoms in total. The third kappa shape index (κ3) is 1.77. The number of hydrogen-bond donors (Lipinski definition) is 1. The van der Waals surface area contributed by atoms with Crippen molar-refractivity contribution in [1.29, 1.82) is 0 Å². The molecule has 1 aliphatic carbocycles. The van der Waals surface area contributed by atoms with Gasteiger partial charge in [-0.25, -0.2) is 0 Å². The van der Waals surface area contributed by atoms with Gasteiger partial charge in [-0.2, -0.15) is 0 Å². The highest BCUT2D eigenvalue weighted by Gasteiger charge is 2.51. The van der Waals surface area contributed by atoms with Crippen molar-refractivity contribution in [2.45, 2.75) is 37.3 Å². The van der Waals surface area contributed by atoms with Gasteiger partial charge in [0.2, 0.25) is 0 Å². The average molecular weight is 301 g/mol. The number of methoxy groups -OCH3 is 2. The van der Waals surface area contributed by atoms with E-state index in [1.54, 1.807) is 7.11 Å². The van der Waals surface area contributed by atoms with E-state index in [2.05, 4.69) is 11.0 Å². The summed E-state index contributed by atoms with van der Waals surface area (Å²) in [6, 6.07) is 3.95. The summed E-state index contributed by atoms with van der Waals surface area (Å²) in [6.45, 7) is 2.06. The van der Waals surface area contributed by atoms with Gasteiger partial charge in [0.1, 0.15) is 0 Å². The van der Waals surface area contributed by atoms with E-state index in [0.29, 0.717) is 11.9 Å². The van der Waals surface area contributed by atoms with Crippen molar-refractivity contribution in [1.82, 2.24) is 4.90 Å². The highest BCUT2D eigenvalue weighted by atomic mass is 16.5. The van der Waals surface area contributed by atoms with Crippen LogP contribution < -0.4 is 4.74 Å². The minimum atomic E-state index is -0.0481. The molecule has 0 amide bonds. The number of fused-ring (bicyclic) bond motifs is 1. The van der Waals surface area contributed by atoms with Crippen LogP contribution in [0.1, 0.15) is 30.4 Å². The quantitative estimate of drug-likeness (QED) is 0.853. The minimum absolute atomic E-state index is 0.0481. The fourth-order valence-electron chi connectivity index (χ4n) is 4.62. The second kappa shape index (κ2) is 5.00. The molecule has 2 aliphatic heterocycles. The minimum Gasteiger partial charge on any atom is -0.504 e. The van der Waals surface area contributed by atoms with Gasteiger partial charge in [0.15, 0.2) is 11.5 Å². The first-order valence-electron chi connectivity index (χ1n) is 8.06. The zero-order chi connectivity index (χ0) is 15.3. The maximum Gasteiger partial charge on any atom is 0.160 e. The van der Waals surface area contributed by atoms with Crippen LogP contribution in [0, 0.1) is 0 Å². The molecule has 0 radical (unpaired) electrons. The Hall–Kier alpha value is -1.52.